The molecule has 0 radical (unpaired) electrons. The van der Waals surface area contributed by atoms with Crippen molar-refractivity contribution in [2.24, 2.45) is 5.92 Å². The molecule has 2 saturated heterocycles. The van der Waals surface area contributed by atoms with Crippen LogP contribution in [0.2, 0.25) is 10.0 Å². The number of aromatic nitrogens is 2. The van der Waals surface area contributed by atoms with Crippen LogP contribution < -0.4 is 14.2 Å². The van der Waals surface area contributed by atoms with E-state index in [-0.39, 0.29) is 23.0 Å². The first-order chi connectivity index (χ1) is 25.2. The second-order valence-electron chi connectivity index (χ2n) is 13.3. The molecule has 0 bridgehead atoms. The molecule has 3 heterocycles. The van der Waals surface area contributed by atoms with E-state index in [9.17, 15) is 9.59 Å². The summed E-state index contributed by atoms with van der Waals surface area (Å²) in [7, 11) is 4.61. The van der Waals surface area contributed by atoms with Crippen LogP contribution in [0, 0.1) is 5.92 Å². The first kappa shape index (κ1) is 39.4. The van der Waals surface area contributed by atoms with Gasteiger partial charge in [0.25, 0.3) is 5.91 Å². The van der Waals surface area contributed by atoms with Gasteiger partial charge in [-0.1, -0.05) is 47.5 Å². The smallest absolute Gasteiger partial charge is 0.254 e. The van der Waals surface area contributed by atoms with Crippen molar-refractivity contribution in [1.29, 1.82) is 0 Å². The number of carbonyl (C=O) groups is 2. The monoisotopic (exact) mass is 752 g/mol. The first-order valence-electron chi connectivity index (χ1n) is 17.9. The predicted molar refractivity (Wildman–Crippen MR) is 205 cm³/mol. The zero-order chi connectivity index (χ0) is 37.3. The van der Waals surface area contributed by atoms with E-state index in [4.69, 9.17) is 42.1 Å². The van der Waals surface area contributed by atoms with Gasteiger partial charge in [0.1, 0.15) is 0 Å². The zero-order valence-electron chi connectivity index (χ0n) is 30.8. The quantitative estimate of drug-likeness (QED) is 0.0839. The number of methoxy groups -OCH3 is 3. The van der Waals surface area contributed by atoms with Crippen molar-refractivity contribution in [3.8, 4) is 17.2 Å². The highest BCUT2D eigenvalue weighted by Gasteiger charge is 2.42. The normalized spacial score (nSPS) is 18.5. The molecule has 0 aliphatic carbocycles. The summed E-state index contributed by atoms with van der Waals surface area (Å²) < 4.78 is 24.1. The van der Waals surface area contributed by atoms with Crippen LogP contribution in [-0.4, -0.2) is 98.3 Å². The van der Waals surface area contributed by atoms with Gasteiger partial charge in [-0.15, -0.1) is 0 Å². The number of hydrogen-bond donors (Lipinski definition) is 0. The van der Waals surface area contributed by atoms with Crippen LogP contribution in [0.4, 0.5) is 0 Å². The Kier molecular flexibility index (Phi) is 13.8. The van der Waals surface area contributed by atoms with Crippen LogP contribution in [0.5, 0.6) is 17.2 Å². The average molecular weight is 754 g/mol. The minimum atomic E-state index is -0.334. The highest BCUT2D eigenvalue weighted by atomic mass is 35.5. The molecule has 12 heteroatoms. The number of nitrogens with zero attached hydrogens (tertiary/aromatic N) is 4. The second kappa shape index (κ2) is 18.3. The third kappa shape index (κ3) is 8.85. The maximum atomic E-state index is 14.0. The Morgan fingerprint density at radius 2 is 1.69 bits per heavy atom. The summed E-state index contributed by atoms with van der Waals surface area (Å²) in [5, 5.41) is 0.988. The Balaban J connectivity index is 1.29. The van der Waals surface area contributed by atoms with E-state index in [1.54, 1.807) is 18.3 Å². The number of hydrogen-bond acceptors (Lipinski definition) is 8. The number of ether oxygens (including phenoxy) is 4. The van der Waals surface area contributed by atoms with Gasteiger partial charge in [-0.25, -0.2) is 4.98 Å². The number of rotatable bonds is 16. The summed E-state index contributed by atoms with van der Waals surface area (Å²) in [6.45, 7) is 9.15. The molecule has 0 N–H and O–H groups in total. The van der Waals surface area contributed by atoms with Crippen molar-refractivity contribution in [3.05, 3.63) is 87.4 Å². The van der Waals surface area contributed by atoms with E-state index < -0.39 is 0 Å². The van der Waals surface area contributed by atoms with Crippen LogP contribution in [-0.2, 0) is 16.7 Å². The van der Waals surface area contributed by atoms with Gasteiger partial charge in [-0.05, 0) is 95.1 Å². The zero-order valence-corrected chi connectivity index (χ0v) is 32.3. The molecule has 5 rings (SSSR count). The molecule has 52 heavy (non-hydrogen) atoms. The largest absolute Gasteiger partial charge is 0.493 e. The number of ketones is 1. The molecular weight excluding hydrogens is 703 g/mol. The molecule has 1 atom stereocenters. The van der Waals surface area contributed by atoms with Crippen LogP contribution in [0.15, 0.2) is 54.8 Å². The van der Waals surface area contributed by atoms with Gasteiger partial charge in [-0.3, -0.25) is 9.59 Å². The second-order valence-corrected chi connectivity index (χ2v) is 14.1. The fraction of sp³-hybridized carbons (Fsp3) is 0.475. The summed E-state index contributed by atoms with van der Waals surface area (Å²) >= 11 is 12.9. The number of piperidine rings is 1. The third-order valence-corrected chi connectivity index (χ3v) is 11.0. The van der Waals surface area contributed by atoms with E-state index in [1.807, 2.05) is 65.8 Å². The Bertz CT molecular complexity index is 1740. The van der Waals surface area contributed by atoms with Gasteiger partial charge in [0, 0.05) is 43.1 Å². The van der Waals surface area contributed by atoms with Crippen molar-refractivity contribution in [2.75, 3.05) is 67.3 Å². The highest BCUT2D eigenvalue weighted by Crippen LogP contribution is 2.43. The lowest BCUT2D eigenvalue weighted by atomic mass is 9.76. The van der Waals surface area contributed by atoms with Crippen LogP contribution >= 0.6 is 23.2 Å². The van der Waals surface area contributed by atoms with Gasteiger partial charge in [0.2, 0.25) is 11.5 Å². The fourth-order valence-corrected chi connectivity index (χ4v) is 7.63. The van der Waals surface area contributed by atoms with E-state index in [2.05, 4.69) is 9.88 Å². The molecule has 0 spiro atoms. The highest BCUT2D eigenvalue weighted by molar-refractivity contribution is 6.42. The minimum Gasteiger partial charge on any atom is -0.493 e. The molecular formula is C40H50Cl2N4O6. The Labute approximate surface area is 317 Å². The summed E-state index contributed by atoms with van der Waals surface area (Å²) in [6, 6.07) is 9.20. The van der Waals surface area contributed by atoms with Crippen LogP contribution in [0.25, 0.3) is 6.08 Å². The van der Waals surface area contributed by atoms with Gasteiger partial charge in [0.15, 0.2) is 17.3 Å². The van der Waals surface area contributed by atoms with Gasteiger partial charge in [-0.2, -0.15) is 0 Å². The van der Waals surface area contributed by atoms with Gasteiger partial charge < -0.3 is 33.3 Å². The summed E-state index contributed by atoms with van der Waals surface area (Å²) in [5.74, 6) is 1.67. The van der Waals surface area contributed by atoms with Gasteiger partial charge >= 0.3 is 0 Å². The van der Waals surface area contributed by atoms with Crippen LogP contribution in [0.3, 0.4) is 0 Å². The predicted octanol–water partition coefficient (Wildman–Crippen LogP) is 7.61. The molecule has 2 aliphatic heterocycles. The number of likely N-dealkylation sites (tertiary alicyclic amines) is 2. The summed E-state index contributed by atoms with van der Waals surface area (Å²) in [4.78, 5) is 36.7. The first-order valence-corrected chi connectivity index (χ1v) is 18.7. The van der Waals surface area contributed by atoms with E-state index >= 15 is 0 Å². The molecule has 10 nitrogen and oxygen atoms in total. The number of allylic oxidation sites excluding steroid dienone is 3. The number of carbonyl (C=O) groups excluding carboxylic acids is 2. The number of Topliss-reactive ketones (excluding diaryl/α,β-unsaturated/α-hetero) is 1. The standard InChI is InChI=1S/C40H50Cl2N4O6/c1-6-8-9-10-31-26-43-38(46(31)21-22-52-7-2)36(47)28-13-17-44(18-14-28)19-15-40(30-11-12-32(41)33(42)25-30)16-20-45(27-40)39(48)29-23-34(49-3)37(51-5)35(24-29)50-4/h6,8-12,23-26,28H,7,13-22,27H2,1-5H3/b8-6+,10-9+. The molecule has 1 aromatic heterocycles. The van der Waals surface area contributed by atoms with E-state index in [0.717, 1.165) is 56.6 Å². The van der Waals surface area contributed by atoms with Crippen molar-refractivity contribution in [2.45, 2.75) is 51.5 Å². The van der Waals surface area contributed by atoms with Crippen molar-refractivity contribution in [3.63, 3.8) is 0 Å². The SMILES string of the molecule is C/C=C/C=C/c1cnc(C(=O)C2CCN(CCC3(c4ccc(Cl)c(Cl)c4)CCN(C(=O)c4cc(OC)c(OC)c(OC)c4)C3)CC2)n1CCOCC. The molecule has 2 aliphatic rings. The van der Waals surface area contributed by atoms with Crippen molar-refractivity contribution in [1.82, 2.24) is 19.4 Å². The Morgan fingerprint density at radius 3 is 2.33 bits per heavy atom. The Morgan fingerprint density at radius 1 is 0.962 bits per heavy atom. The van der Waals surface area contributed by atoms with Gasteiger partial charge in [0.05, 0.1) is 49.9 Å². The molecule has 1 amide bonds. The Hall–Kier alpha value is -3.83. The molecule has 2 aromatic carbocycles. The summed E-state index contributed by atoms with van der Waals surface area (Å²) in [6.07, 6.45) is 12.7. The molecule has 280 valence electrons. The molecule has 3 aromatic rings. The third-order valence-electron chi connectivity index (χ3n) is 10.3. The lowest BCUT2D eigenvalue weighted by Crippen LogP contribution is -2.41. The lowest BCUT2D eigenvalue weighted by molar-refractivity contribution is 0.0777. The fourth-order valence-electron chi connectivity index (χ4n) is 7.34. The van der Waals surface area contributed by atoms with Crippen molar-refractivity contribution < 1.29 is 28.5 Å². The van der Waals surface area contributed by atoms with E-state index in [0.29, 0.717) is 71.5 Å². The number of amides is 1. The van der Waals surface area contributed by atoms with E-state index in [1.165, 1.54) is 21.3 Å². The number of halogens is 2. The maximum Gasteiger partial charge on any atom is 0.254 e. The maximum absolute atomic E-state index is 14.0. The van der Waals surface area contributed by atoms with Crippen LogP contribution in [0.1, 0.15) is 71.8 Å². The van der Waals surface area contributed by atoms with Crippen molar-refractivity contribution >= 4 is 41.0 Å². The number of benzene rings is 2. The summed E-state index contributed by atoms with van der Waals surface area (Å²) in [5.41, 5.74) is 2.08. The topological polar surface area (TPSA) is 95.4 Å². The number of imidazole rings is 1. The minimum absolute atomic E-state index is 0.0887. The molecule has 0 saturated carbocycles. The lowest BCUT2D eigenvalue weighted by Gasteiger charge is -2.36. The average Bonchev–Trinajstić information content (AvgIpc) is 3.79. The molecule has 1 unspecified atom stereocenters. The molecule has 2 fully saturated rings.